The molecule has 1 heterocycles. The lowest BCUT2D eigenvalue weighted by Crippen LogP contribution is -2.16. The first-order valence-corrected chi connectivity index (χ1v) is 5.61. The van der Waals surface area contributed by atoms with E-state index >= 15 is 0 Å². The van der Waals surface area contributed by atoms with Crippen molar-refractivity contribution in [3.05, 3.63) is 35.3 Å². The highest BCUT2D eigenvalue weighted by molar-refractivity contribution is 6.05. The highest BCUT2D eigenvalue weighted by atomic mass is 19.2. The van der Waals surface area contributed by atoms with Crippen LogP contribution in [0.2, 0.25) is 0 Å². The molecule has 0 spiro atoms. The van der Waals surface area contributed by atoms with Crippen LogP contribution < -0.4 is 11.3 Å². The number of hydrogen-bond donors (Lipinski definition) is 2. The number of benzene rings is 1. The minimum absolute atomic E-state index is 0.0845. The number of carbonyl (C=O) groups is 1. The van der Waals surface area contributed by atoms with Crippen LogP contribution in [0.3, 0.4) is 0 Å². The molecule has 1 aromatic heterocycles. The van der Waals surface area contributed by atoms with Crippen LogP contribution >= 0.6 is 0 Å². The summed E-state index contributed by atoms with van der Waals surface area (Å²) in [7, 11) is 0. The van der Waals surface area contributed by atoms with Gasteiger partial charge in [0.05, 0.1) is 17.7 Å². The van der Waals surface area contributed by atoms with Crippen LogP contribution in [-0.4, -0.2) is 17.6 Å². The monoisotopic (exact) mass is 285 g/mol. The van der Waals surface area contributed by atoms with Crippen LogP contribution in [0.25, 0.3) is 10.9 Å². The molecule has 0 aliphatic rings. The highest BCUT2D eigenvalue weighted by Crippen LogP contribution is 2.31. The summed E-state index contributed by atoms with van der Waals surface area (Å²) in [4.78, 5) is 15.2. The molecule has 0 unspecified atom stereocenters. The molecule has 0 bridgehead atoms. The molecule has 106 valence electrons. The summed E-state index contributed by atoms with van der Waals surface area (Å²) in [5.41, 5.74) is 1.14. The average molecular weight is 285 g/mol. The van der Waals surface area contributed by atoms with Gasteiger partial charge in [-0.15, -0.1) is 0 Å². The molecule has 0 fully saturated rings. The number of nitrogens with one attached hydrogen (secondary N) is 1. The van der Waals surface area contributed by atoms with Gasteiger partial charge in [0.15, 0.2) is 11.6 Å². The summed E-state index contributed by atoms with van der Waals surface area (Å²) in [5, 5.41) is -0.419. The molecule has 0 atom stereocenters. The van der Waals surface area contributed by atoms with E-state index in [1.807, 2.05) is 0 Å². The third kappa shape index (κ3) is 2.14. The van der Waals surface area contributed by atoms with Crippen LogP contribution in [0.4, 0.5) is 18.9 Å². The van der Waals surface area contributed by atoms with Gasteiger partial charge in [0.1, 0.15) is 16.9 Å². The minimum Gasteiger partial charge on any atom is -0.462 e. The van der Waals surface area contributed by atoms with E-state index in [2.05, 4.69) is 10.4 Å². The Labute approximate surface area is 111 Å². The Kier molecular flexibility index (Phi) is 3.75. The van der Waals surface area contributed by atoms with Gasteiger partial charge in [0.25, 0.3) is 0 Å². The normalized spacial score (nSPS) is 10.7. The van der Waals surface area contributed by atoms with Crippen LogP contribution in [0.1, 0.15) is 17.3 Å². The lowest BCUT2D eigenvalue weighted by molar-refractivity contribution is 0.0527. The summed E-state index contributed by atoms with van der Waals surface area (Å²) in [6.45, 7) is 1.67. The summed E-state index contributed by atoms with van der Waals surface area (Å²) in [5.74, 6) is 0.635. The van der Waals surface area contributed by atoms with Crippen molar-refractivity contribution in [2.45, 2.75) is 6.92 Å². The van der Waals surface area contributed by atoms with Crippen LogP contribution in [0.5, 0.6) is 0 Å². The van der Waals surface area contributed by atoms with Crippen molar-refractivity contribution >= 4 is 22.6 Å². The Morgan fingerprint density at radius 3 is 2.70 bits per heavy atom. The number of aromatic nitrogens is 1. The van der Waals surface area contributed by atoms with Gasteiger partial charge in [0, 0.05) is 12.3 Å². The molecule has 20 heavy (non-hydrogen) atoms. The zero-order chi connectivity index (χ0) is 14.9. The summed E-state index contributed by atoms with van der Waals surface area (Å²) in [6, 6.07) is 0.356. The first-order chi connectivity index (χ1) is 9.51. The molecule has 2 aromatic rings. The Hall–Kier alpha value is -2.35. The van der Waals surface area contributed by atoms with Gasteiger partial charge in [-0.3, -0.25) is 10.8 Å². The van der Waals surface area contributed by atoms with Gasteiger partial charge in [-0.25, -0.2) is 18.0 Å². The summed E-state index contributed by atoms with van der Waals surface area (Å²) < 4.78 is 45.3. The van der Waals surface area contributed by atoms with E-state index < -0.39 is 34.3 Å². The van der Waals surface area contributed by atoms with Gasteiger partial charge < -0.3 is 10.2 Å². The lowest BCUT2D eigenvalue weighted by atomic mass is 10.1. The smallest absolute Gasteiger partial charge is 0.341 e. The van der Waals surface area contributed by atoms with Crippen molar-refractivity contribution in [2.24, 2.45) is 5.84 Å². The van der Waals surface area contributed by atoms with Crippen LogP contribution in [0.15, 0.2) is 12.3 Å². The fourth-order valence-electron chi connectivity index (χ4n) is 1.78. The molecule has 2 rings (SSSR count). The number of carbonyl (C=O) groups excluding carboxylic acids is 1. The standard InChI is InChI=1S/C12H10F3N3O2/c1-2-20-12(19)5-4-17-11-8(10(5)18-16)6(13)3-7(14)9(11)15/h3-4H,2,16H2,1H3,(H,17,18). The van der Waals surface area contributed by atoms with E-state index in [0.717, 1.165) is 6.20 Å². The quantitative estimate of drug-likeness (QED) is 0.391. The predicted octanol–water partition coefficient (Wildman–Crippen LogP) is 2.11. The molecule has 5 nitrogen and oxygen atoms in total. The first-order valence-electron chi connectivity index (χ1n) is 5.61. The molecular formula is C12H10F3N3O2. The maximum atomic E-state index is 13.8. The summed E-state index contributed by atoms with van der Waals surface area (Å²) in [6.07, 6.45) is 0.942. The Balaban J connectivity index is 2.80. The number of halogens is 3. The SMILES string of the molecule is CCOC(=O)c1cnc2c(F)c(F)cc(F)c2c1NN. The van der Waals surface area contributed by atoms with E-state index in [1.54, 1.807) is 6.92 Å². The number of hydrazine groups is 1. The van der Waals surface area contributed by atoms with Gasteiger partial charge in [0.2, 0.25) is 0 Å². The number of nitrogen functional groups attached to an aromatic ring is 1. The van der Waals surface area contributed by atoms with Gasteiger partial charge in [-0.1, -0.05) is 0 Å². The van der Waals surface area contributed by atoms with Crippen molar-refractivity contribution in [3.8, 4) is 0 Å². The molecule has 0 aliphatic heterocycles. The van der Waals surface area contributed by atoms with E-state index in [0.29, 0.717) is 6.07 Å². The number of nitrogens with two attached hydrogens (primary N) is 1. The maximum Gasteiger partial charge on any atom is 0.341 e. The van der Waals surface area contributed by atoms with Crippen molar-refractivity contribution in [3.63, 3.8) is 0 Å². The average Bonchev–Trinajstić information content (AvgIpc) is 2.43. The topological polar surface area (TPSA) is 77.2 Å². The van der Waals surface area contributed by atoms with E-state index in [4.69, 9.17) is 10.6 Å². The number of hydrogen-bond acceptors (Lipinski definition) is 5. The van der Waals surface area contributed by atoms with Crippen LogP contribution in [0, 0.1) is 17.5 Å². The maximum absolute atomic E-state index is 13.8. The largest absolute Gasteiger partial charge is 0.462 e. The Morgan fingerprint density at radius 2 is 2.10 bits per heavy atom. The molecule has 0 radical (unpaired) electrons. The first kappa shape index (κ1) is 14.1. The molecule has 1 aromatic carbocycles. The number of esters is 1. The molecule has 0 aliphatic carbocycles. The number of nitrogens with zero attached hydrogens (tertiary/aromatic N) is 1. The predicted molar refractivity (Wildman–Crippen MR) is 65.4 cm³/mol. The second kappa shape index (κ2) is 5.33. The van der Waals surface area contributed by atoms with Crippen molar-refractivity contribution in [1.29, 1.82) is 0 Å². The number of pyridine rings is 1. The van der Waals surface area contributed by atoms with Gasteiger partial charge in [-0.2, -0.15) is 0 Å². The van der Waals surface area contributed by atoms with Gasteiger partial charge >= 0.3 is 5.97 Å². The second-order valence-electron chi connectivity index (χ2n) is 3.79. The number of fused-ring (bicyclic) bond motifs is 1. The highest BCUT2D eigenvalue weighted by Gasteiger charge is 2.22. The zero-order valence-electron chi connectivity index (χ0n) is 10.3. The number of rotatable bonds is 3. The van der Waals surface area contributed by atoms with Gasteiger partial charge in [-0.05, 0) is 6.92 Å². The van der Waals surface area contributed by atoms with E-state index in [9.17, 15) is 18.0 Å². The summed E-state index contributed by atoms with van der Waals surface area (Å²) >= 11 is 0. The Morgan fingerprint density at radius 1 is 1.40 bits per heavy atom. The molecule has 0 saturated heterocycles. The molecule has 8 heteroatoms. The van der Waals surface area contributed by atoms with E-state index in [1.165, 1.54) is 0 Å². The molecule has 0 amide bonds. The number of anilines is 1. The molecular weight excluding hydrogens is 275 g/mol. The lowest BCUT2D eigenvalue weighted by Gasteiger charge is -2.12. The Bertz CT molecular complexity index is 691. The third-order valence-corrected chi connectivity index (χ3v) is 2.63. The van der Waals surface area contributed by atoms with Crippen molar-refractivity contribution in [2.75, 3.05) is 12.0 Å². The van der Waals surface area contributed by atoms with Crippen molar-refractivity contribution < 1.29 is 22.7 Å². The third-order valence-electron chi connectivity index (χ3n) is 2.63. The molecule has 3 N–H and O–H groups in total. The zero-order valence-corrected chi connectivity index (χ0v) is 10.3. The minimum atomic E-state index is -1.38. The van der Waals surface area contributed by atoms with Crippen molar-refractivity contribution in [1.82, 2.24) is 4.98 Å². The fourth-order valence-corrected chi connectivity index (χ4v) is 1.78. The van der Waals surface area contributed by atoms with E-state index in [-0.39, 0.29) is 17.9 Å². The number of ether oxygens (including phenoxy) is 1. The van der Waals surface area contributed by atoms with Crippen LogP contribution in [-0.2, 0) is 4.74 Å². The fraction of sp³-hybridized carbons (Fsp3) is 0.167. The molecule has 0 saturated carbocycles. The second-order valence-corrected chi connectivity index (χ2v) is 3.79.